The summed E-state index contributed by atoms with van der Waals surface area (Å²) in [5.74, 6) is 2.42. The summed E-state index contributed by atoms with van der Waals surface area (Å²) in [6.07, 6.45) is 0. The molecule has 0 aliphatic carbocycles. The molecule has 0 bridgehead atoms. The predicted molar refractivity (Wildman–Crippen MR) is 198 cm³/mol. The minimum absolute atomic E-state index is 0.589. The van der Waals surface area contributed by atoms with Crippen LogP contribution in [0.1, 0.15) is 0 Å². The molecular weight excluding hydrogens is 601 g/mol. The van der Waals surface area contributed by atoms with E-state index in [2.05, 4.69) is 66.7 Å². The van der Waals surface area contributed by atoms with Gasteiger partial charge in [0, 0.05) is 27.8 Å². The molecule has 2 heterocycles. The van der Waals surface area contributed by atoms with E-state index in [1.807, 2.05) is 103 Å². The molecule has 0 aliphatic rings. The summed E-state index contributed by atoms with van der Waals surface area (Å²) in [6.45, 7) is 0. The molecule has 5 heteroatoms. The Labute approximate surface area is 283 Å². The van der Waals surface area contributed by atoms with Crippen molar-refractivity contribution in [2.45, 2.75) is 0 Å². The van der Waals surface area contributed by atoms with Gasteiger partial charge in [-0.25, -0.2) is 19.9 Å². The summed E-state index contributed by atoms with van der Waals surface area (Å²) in [5, 5.41) is 2.35. The lowest BCUT2D eigenvalue weighted by molar-refractivity contribution is 0.620. The van der Waals surface area contributed by atoms with Gasteiger partial charge in [-0.05, 0) is 63.9 Å². The van der Waals surface area contributed by atoms with Crippen LogP contribution in [0.3, 0.4) is 0 Å². The minimum atomic E-state index is 0.589. The minimum Gasteiger partial charge on any atom is -0.436 e. The highest BCUT2D eigenvalue weighted by Gasteiger charge is 2.18. The van der Waals surface area contributed by atoms with Crippen LogP contribution in [0.25, 0.3) is 89.7 Å². The Hall–Kier alpha value is -6.72. The van der Waals surface area contributed by atoms with Crippen LogP contribution in [0.5, 0.6) is 0 Å². The molecule has 49 heavy (non-hydrogen) atoms. The zero-order valence-electron chi connectivity index (χ0n) is 26.4. The van der Waals surface area contributed by atoms with E-state index in [4.69, 9.17) is 24.4 Å². The monoisotopic (exact) mass is 628 g/mol. The summed E-state index contributed by atoms with van der Waals surface area (Å²) in [4.78, 5) is 20.1. The first-order chi connectivity index (χ1) is 24.3. The van der Waals surface area contributed by atoms with Crippen molar-refractivity contribution >= 4 is 21.9 Å². The molecular formula is C44H28N4O. The van der Waals surface area contributed by atoms with E-state index in [9.17, 15) is 0 Å². The van der Waals surface area contributed by atoms with Crippen LogP contribution in [0.15, 0.2) is 174 Å². The molecule has 2 aromatic heterocycles. The third-order valence-corrected chi connectivity index (χ3v) is 8.74. The van der Waals surface area contributed by atoms with Gasteiger partial charge >= 0.3 is 0 Å². The van der Waals surface area contributed by atoms with Crippen molar-refractivity contribution in [1.29, 1.82) is 0 Å². The van der Waals surface area contributed by atoms with Crippen LogP contribution < -0.4 is 0 Å². The van der Waals surface area contributed by atoms with Crippen molar-refractivity contribution < 1.29 is 4.42 Å². The van der Waals surface area contributed by atoms with Gasteiger partial charge < -0.3 is 4.42 Å². The molecule has 9 aromatic rings. The number of benzene rings is 7. The summed E-state index contributed by atoms with van der Waals surface area (Å²) in [5.41, 5.74) is 9.32. The van der Waals surface area contributed by atoms with Gasteiger partial charge in [-0.15, -0.1) is 0 Å². The van der Waals surface area contributed by atoms with E-state index in [0.29, 0.717) is 23.4 Å². The molecule has 9 rings (SSSR count). The second kappa shape index (κ2) is 12.1. The van der Waals surface area contributed by atoms with Crippen LogP contribution in [-0.4, -0.2) is 19.9 Å². The highest BCUT2D eigenvalue weighted by Crippen LogP contribution is 2.38. The van der Waals surface area contributed by atoms with E-state index in [1.54, 1.807) is 0 Å². The van der Waals surface area contributed by atoms with Gasteiger partial charge in [-0.1, -0.05) is 133 Å². The largest absolute Gasteiger partial charge is 0.436 e. The second-order valence-corrected chi connectivity index (χ2v) is 11.9. The van der Waals surface area contributed by atoms with E-state index in [1.165, 1.54) is 10.8 Å². The first kappa shape index (κ1) is 28.5. The molecule has 0 N–H and O–H groups in total. The Morgan fingerprint density at radius 2 is 0.837 bits per heavy atom. The molecule has 0 radical (unpaired) electrons. The number of aromatic nitrogens is 4. The van der Waals surface area contributed by atoms with Gasteiger partial charge in [0.1, 0.15) is 5.52 Å². The molecule has 7 aromatic carbocycles. The Morgan fingerprint density at radius 3 is 1.51 bits per heavy atom. The van der Waals surface area contributed by atoms with Crippen molar-refractivity contribution in [3.63, 3.8) is 0 Å². The van der Waals surface area contributed by atoms with Gasteiger partial charge in [0.25, 0.3) is 0 Å². The standard InChI is InChI=1S/C44H28N4O/c1-4-15-30(16-5-1)41-46-42(31-17-6-2-7-18-31)48-43(47-41)35-27-33(37-23-12-21-29-14-10-11-22-36(29)37)26-34(28-35)38-24-13-25-39-40(38)45-44(49-39)32-19-8-3-9-20-32/h1-28H. The molecule has 0 spiro atoms. The summed E-state index contributed by atoms with van der Waals surface area (Å²) in [7, 11) is 0. The Bertz CT molecular complexity index is 2530. The summed E-state index contributed by atoms with van der Waals surface area (Å²) in [6, 6.07) is 57.7. The van der Waals surface area contributed by atoms with E-state index in [0.717, 1.165) is 55.6 Å². The van der Waals surface area contributed by atoms with E-state index in [-0.39, 0.29) is 0 Å². The molecule has 0 saturated heterocycles. The summed E-state index contributed by atoms with van der Waals surface area (Å²) < 4.78 is 6.29. The zero-order chi connectivity index (χ0) is 32.6. The van der Waals surface area contributed by atoms with Gasteiger partial charge in [0.2, 0.25) is 5.89 Å². The number of oxazole rings is 1. The quantitative estimate of drug-likeness (QED) is 0.183. The lowest BCUT2D eigenvalue weighted by Crippen LogP contribution is -2.00. The summed E-state index contributed by atoms with van der Waals surface area (Å²) >= 11 is 0. The highest BCUT2D eigenvalue weighted by atomic mass is 16.3. The Morgan fingerprint density at radius 1 is 0.347 bits per heavy atom. The van der Waals surface area contributed by atoms with Crippen molar-refractivity contribution in [3.05, 3.63) is 170 Å². The molecule has 230 valence electrons. The van der Waals surface area contributed by atoms with Gasteiger partial charge in [0.15, 0.2) is 23.1 Å². The second-order valence-electron chi connectivity index (χ2n) is 11.9. The lowest BCUT2D eigenvalue weighted by Gasteiger charge is -2.14. The fourth-order valence-corrected chi connectivity index (χ4v) is 6.37. The van der Waals surface area contributed by atoms with Crippen LogP contribution in [0, 0.1) is 0 Å². The molecule has 0 fully saturated rings. The molecule has 0 saturated carbocycles. The van der Waals surface area contributed by atoms with Crippen LogP contribution in [0.4, 0.5) is 0 Å². The normalized spacial score (nSPS) is 11.3. The van der Waals surface area contributed by atoms with Gasteiger partial charge in [-0.3, -0.25) is 0 Å². The Balaban J connectivity index is 1.30. The zero-order valence-corrected chi connectivity index (χ0v) is 26.4. The topological polar surface area (TPSA) is 64.7 Å². The first-order valence-electron chi connectivity index (χ1n) is 16.2. The van der Waals surface area contributed by atoms with Crippen LogP contribution in [0.2, 0.25) is 0 Å². The van der Waals surface area contributed by atoms with Crippen molar-refractivity contribution in [1.82, 2.24) is 19.9 Å². The number of hydrogen-bond acceptors (Lipinski definition) is 5. The Kier molecular flexibility index (Phi) is 7.06. The lowest BCUT2D eigenvalue weighted by atomic mass is 9.92. The van der Waals surface area contributed by atoms with Crippen molar-refractivity contribution in [2.24, 2.45) is 0 Å². The highest BCUT2D eigenvalue weighted by molar-refractivity contribution is 6.00. The smallest absolute Gasteiger partial charge is 0.227 e. The third kappa shape index (κ3) is 5.43. The first-order valence-corrected chi connectivity index (χ1v) is 16.2. The van der Waals surface area contributed by atoms with Crippen LogP contribution >= 0.6 is 0 Å². The van der Waals surface area contributed by atoms with Gasteiger partial charge in [-0.2, -0.15) is 0 Å². The SMILES string of the molecule is c1ccc(-c2nc(-c3ccccc3)nc(-c3cc(-c4cccc5ccccc45)cc(-c4cccc5oc(-c6ccccc6)nc45)c3)n2)cc1. The van der Waals surface area contributed by atoms with Crippen molar-refractivity contribution in [3.8, 4) is 67.9 Å². The molecule has 0 amide bonds. The molecule has 0 aliphatic heterocycles. The maximum absolute atomic E-state index is 6.29. The maximum Gasteiger partial charge on any atom is 0.227 e. The number of hydrogen-bond donors (Lipinski definition) is 0. The molecule has 0 atom stereocenters. The average Bonchev–Trinajstić information content (AvgIpc) is 3.63. The fourth-order valence-electron chi connectivity index (χ4n) is 6.37. The number of nitrogens with zero attached hydrogens (tertiary/aromatic N) is 4. The predicted octanol–water partition coefficient (Wildman–Crippen LogP) is 11.2. The van der Waals surface area contributed by atoms with E-state index >= 15 is 0 Å². The number of fused-ring (bicyclic) bond motifs is 2. The molecule has 0 unspecified atom stereocenters. The van der Waals surface area contributed by atoms with Gasteiger partial charge in [0.05, 0.1) is 0 Å². The fraction of sp³-hybridized carbons (Fsp3) is 0. The van der Waals surface area contributed by atoms with Crippen molar-refractivity contribution in [2.75, 3.05) is 0 Å². The van der Waals surface area contributed by atoms with E-state index < -0.39 is 0 Å². The third-order valence-electron chi connectivity index (χ3n) is 8.74. The number of para-hydroxylation sites is 1. The maximum atomic E-state index is 6.29. The molecule has 5 nitrogen and oxygen atoms in total. The average molecular weight is 629 g/mol. The number of rotatable bonds is 6. The van der Waals surface area contributed by atoms with Crippen LogP contribution in [-0.2, 0) is 0 Å².